The van der Waals surface area contributed by atoms with E-state index in [1.165, 1.54) is 32.1 Å². The summed E-state index contributed by atoms with van der Waals surface area (Å²) in [6.07, 6.45) is 8.14. The second kappa shape index (κ2) is 9.99. The standard InChI is InChI=1S/C28H31N3O3/c32-19-25-28(22-13-11-21(12-14-22)10-9-20-6-2-1-3-7-20)24-17-30(18-27(34)31(24)25)26(33)16-23-8-4-5-15-29-23/h4-5,8,11-15,20,24-25,28,32H,1-3,6-7,16-19H2/t24-,25-,28+/m1/s1. The number of hydrogen-bond acceptors (Lipinski definition) is 4. The molecule has 3 atom stereocenters. The van der Waals surface area contributed by atoms with Gasteiger partial charge in [-0.05, 0) is 42.7 Å². The van der Waals surface area contributed by atoms with E-state index in [4.69, 9.17) is 0 Å². The Balaban J connectivity index is 1.28. The maximum atomic E-state index is 12.9. The fraction of sp³-hybridized carbons (Fsp3) is 0.464. The molecule has 6 heteroatoms. The SMILES string of the molecule is O=C(Cc1ccccn1)N1CC(=O)N2[C@H](CO)[C@@H](c3ccc(C#CC4CCCCC4)cc3)[C@H]2C1. The summed E-state index contributed by atoms with van der Waals surface area (Å²) in [4.78, 5) is 33.4. The Morgan fingerprint density at radius 2 is 1.88 bits per heavy atom. The van der Waals surface area contributed by atoms with Crippen LogP contribution in [0.1, 0.15) is 54.8 Å². The molecule has 2 saturated heterocycles. The fourth-order valence-electron chi connectivity index (χ4n) is 5.68. The molecule has 1 N–H and O–H groups in total. The highest BCUT2D eigenvalue weighted by molar-refractivity contribution is 5.88. The number of nitrogens with zero attached hydrogens (tertiary/aromatic N) is 3. The lowest BCUT2D eigenvalue weighted by atomic mass is 9.73. The van der Waals surface area contributed by atoms with Crippen LogP contribution in [0.4, 0.5) is 0 Å². The molecule has 176 valence electrons. The van der Waals surface area contributed by atoms with Crippen molar-refractivity contribution in [3.8, 4) is 11.8 Å². The van der Waals surface area contributed by atoms with Crippen LogP contribution >= 0.6 is 0 Å². The highest BCUT2D eigenvalue weighted by Gasteiger charge is 2.54. The van der Waals surface area contributed by atoms with E-state index in [9.17, 15) is 14.7 Å². The van der Waals surface area contributed by atoms with Gasteiger partial charge in [-0.15, -0.1) is 0 Å². The Kier molecular flexibility index (Phi) is 6.64. The third-order valence-electron chi connectivity index (χ3n) is 7.48. The van der Waals surface area contributed by atoms with E-state index < -0.39 is 0 Å². The van der Waals surface area contributed by atoms with Crippen molar-refractivity contribution in [2.45, 2.75) is 56.5 Å². The summed E-state index contributed by atoms with van der Waals surface area (Å²) < 4.78 is 0. The van der Waals surface area contributed by atoms with Crippen molar-refractivity contribution in [3.05, 3.63) is 65.5 Å². The molecule has 3 aliphatic rings. The van der Waals surface area contributed by atoms with E-state index in [-0.39, 0.29) is 49.4 Å². The zero-order chi connectivity index (χ0) is 23.5. The maximum absolute atomic E-state index is 12.9. The smallest absolute Gasteiger partial charge is 0.242 e. The summed E-state index contributed by atoms with van der Waals surface area (Å²) in [5.41, 5.74) is 2.78. The van der Waals surface area contributed by atoms with Crippen LogP contribution < -0.4 is 0 Å². The first-order valence-electron chi connectivity index (χ1n) is 12.4. The number of pyridine rings is 1. The predicted octanol–water partition coefficient (Wildman–Crippen LogP) is 2.75. The number of carbonyl (C=O) groups excluding carboxylic acids is 2. The zero-order valence-electron chi connectivity index (χ0n) is 19.4. The number of piperazine rings is 1. The minimum atomic E-state index is -0.246. The van der Waals surface area contributed by atoms with Gasteiger partial charge in [-0.3, -0.25) is 14.6 Å². The molecule has 1 aromatic carbocycles. The Bertz CT molecular complexity index is 1080. The molecule has 1 aromatic heterocycles. The van der Waals surface area contributed by atoms with Gasteiger partial charge in [0.25, 0.3) is 0 Å². The first kappa shape index (κ1) is 22.6. The van der Waals surface area contributed by atoms with Gasteiger partial charge in [-0.2, -0.15) is 0 Å². The molecule has 2 amide bonds. The lowest BCUT2D eigenvalue weighted by molar-refractivity contribution is -0.166. The van der Waals surface area contributed by atoms with E-state index >= 15 is 0 Å². The average Bonchev–Trinajstić information content (AvgIpc) is 2.86. The van der Waals surface area contributed by atoms with Crippen LogP contribution in [0.5, 0.6) is 0 Å². The summed E-state index contributed by atoms with van der Waals surface area (Å²) in [5, 5.41) is 10.0. The molecule has 3 fully saturated rings. The highest BCUT2D eigenvalue weighted by atomic mass is 16.3. The van der Waals surface area contributed by atoms with Gasteiger partial charge in [-0.25, -0.2) is 0 Å². The third-order valence-corrected chi connectivity index (χ3v) is 7.48. The predicted molar refractivity (Wildman–Crippen MR) is 129 cm³/mol. The van der Waals surface area contributed by atoms with Gasteiger partial charge < -0.3 is 14.9 Å². The van der Waals surface area contributed by atoms with Gasteiger partial charge in [0, 0.05) is 35.8 Å². The van der Waals surface area contributed by atoms with Crippen molar-refractivity contribution in [3.63, 3.8) is 0 Å². The van der Waals surface area contributed by atoms with Gasteiger partial charge in [0.2, 0.25) is 11.8 Å². The zero-order valence-corrected chi connectivity index (χ0v) is 19.4. The summed E-state index contributed by atoms with van der Waals surface area (Å²) >= 11 is 0. The van der Waals surface area contributed by atoms with E-state index in [1.807, 2.05) is 30.3 Å². The number of benzene rings is 1. The molecular weight excluding hydrogens is 426 g/mol. The van der Waals surface area contributed by atoms with Crippen molar-refractivity contribution in [2.75, 3.05) is 19.7 Å². The number of amides is 2. The van der Waals surface area contributed by atoms with Crippen molar-refractivity contribution in [1.29, 1.82) is 0 Å². The van der Waals surface area contributed by atoms with E-state index in [2.05, 4.69) is 29.0 Å². The Morgan fingerprint density at radius 3 is 2.59 bits per heavy atom. The van der Waals surface area contributed by atoms with Crippen molar-refractivity contribution < 1.29 is 14.7 Å². The van der Waals surface area contributed by atoms with Crippen LogP contribution in [-0.4, -0.2) is 63.5 Å². The topological polar surface area (TPSA) is 73.7 Å². The molecule has 6 nitrogen and oxygen atoms in total. The van der Waals surface area contributed by atoms with Crippen LogP contribution in [0.3, 0.4) is 0 Å². The Hall–Kier alpha value is -3.17. The van der Waals surface area contributed by atoms with Gasteiger partial charge in [0.15, 0.2) is 0 Å². The Labute approximate surface area is 201 Å². The first-order valence-corrected chi connectivity index (χ1v) is 12.4. The monoisotopic (exact) mass is 457 g/mol. The summed E-state index contributed by atoms with van der Waals surface area (Å²) in [7, 11) is 0. The molecule has 0 unspecified atom stereocenters. The summed E-state index contributed by atoms with van der Waals surface area (Å²) in [6, 6.07) is 13.3. The van der Waals surface area contributed by atoms with E-state index in [1.54, 1.807) is 16.0 Å². The molecule has 1 saturated carbocycles. The van der Waals surface area contributed by atoms with Crippen molar-refractivity contribution in [1.82, 2.24) is 14.8 Å². The molecule has 3 heterocycles. The van der Waals surface area contributed by atoms with E-state index in [0.29, 0.717) is 18.2 Å². The molecule has 5 rings (SSSR count). The van der Waals surface area contributed by atoms with Crippen molar-refractivity contribution >= 4 is 11.8 Å². The normalized spacial score (nSPS) is 24.6. The molecular formula is C28H31N3O3. The van der Waals surface area contributed by atoms with Crippen LogP contribution in [0.25, 0.3) is 0 Å². The molecule has 1 aliphatic carbocycles. The quantitative estimate of drug-likeness (QED) is 0.717. The fourth-order valence-corrected chi connectivity index (χ4v) is 5.68. The van der Waals surface area contributed by atoms with Gasteiger partial charge in [-0.1, -0.05) is 49.3 Å². The third kappa shape index (κ3) is 4.58. The molecule has 34 heavy (non-hydrogen) atoms. The first-order chi connectivity index (χ1) is 16.6. The van der Waals surface area contributed by atoms with Crippen LogP contribution in [0.15, 0.2) is 48.7 Å². The van der Waals surface area contributed by atoms with Crippen LogP contribution in [-0.2, 0) is 16.0 Å². The summed E-state index contributed by atoms with van der Waals surface area (Å²) in [6.45, 7) is 0.445. The lowest BCUT2D eigenvalue weighted by Gasteiger charge is -2.58. The van der Waals surface area contributed by atoms with Gasteiger partial charge in [0.1, 0.15) is 0 Å². The minimum Gasteiger partial charge on any atom is -0.394 e. The molecule has 2 aliphatic heterocycles. The molecule has 0 bridgehead atoms. The molecule has 0 spiro atoms. The number of aliphatic hydroxyl groups is 1. The highest BCUT2D eigenvalue weighted by Crippen LogP contribution is 2.43. The summed E-state index contributed by atoms with van der Waals surface area (Å²) in [5.74, 6) is 7.08. The van der Waals surface area contributed by atoms with E-state index in [0.717, 1.165) is 11.1 Å². The second-order valence-corrected chi connectivity index (χ2v) is 9.64. The number of rotatable bonds is 4. The minimum absolute atomic E-state index is 0.000228. The number of hydrogen-bond donors (Lipinski definition) is 1. The van der Waals surface area contributed by atoms with Crippen LogP contribution in [0.2, 0.25) is 0 Å². The molecule has 2 aromatic rings. The second-order valence-electron chi connectivity index (χ2n) is 9.64. The number of fused-ring (bicyclic) bond motifs is 1. The number of carbonyl (C=O) groups is 2. The van der Waals surface area contributed by atoms with Gasteiger partial charge in [0.05, 0.1) is 31.7 Å². The largest absolute Gasteiger partial charge is 0.394 e. The number of aliphatic hydroxyl groups excluding tert-OH is 1. The lowest BCUT2D eigenvalue weighted by Crippen LogP contribution is -2.73. The van der Waals surface area contributed by atoms with Crippen LogP contribution in [0, 0.1) is 17.8 Å². The maximum Gasteiger partial charge on any atom is 0.242 e. The van der Waals surface area contributed by atoms with Gasteiger partial charge >= 0.3 is 0 Å². The average molecular weight is 458 g/mol. The van der Waals surface area contributed by atoms with Crippen molar-refractivity contribution in [2.24, 2.45) is 5.92 Å². The number of aromatic nitrogens is 1. The Morgan fingerprint density at radius 1 is 1.09 bits per heavy atom. The molecule has 0 radical (unpaired) electrons.